The van der Waals surface area contributed by atoms with E-state index in [1.54, 1.807) is 0 Å². The maximum absolute atomic E-state index is 12.1. The molecular weight excluding hydrogens is 280 g/mol. The van der Waals surface area contributed by atoms with E-state index in [-0.39, 0.29) is 17.8 Å². The summed E-state index contributed by atoms with van der Waals surface area (Å²) >= 11 is 0. The summed E-state index contributed by atoms with van der Waals surface area (Å²) in [7, 11) is 0. The number of rotatable bonds is 3. The molecule has 1 saturated carbocycles. The maximum Gasteiger partial charge on any atom is 0.316 e. The van der Waals surface area contributed by atoms with E-state index in [0.29, 0.717) is 5.82 Å². The van der Waals surface area contributed by atoms with Crippen LogP contribution in [0.1, 0.15) is 36.4 Å². The lowest BCUT2D eigenvalue weighted by molar-refractivity contribution is 0.0893. The fourth-order valence-electron chi connectivity index (χ4n) is 2.94. The topological polar surface area (TPSA) is 83.8 Å². The third kappa shape index (κ3) is 2.36. The highest BCUT2D eigenvalue weighted by Gasteiger charge is 2.22. The Bertz CT molecular complexity index is 814. The van der Waals surface area contributed by atoms with Crippen molar-refractivity contribution in [2.75, 3.05) is 0 Å². The number of carbonyl (C=O) groups excluding carboxylic acids is 1. The van der Waals surface area contributed by atoms with Crippen LogP contribution >= 0.6 is 0 Å². The monoisotopic (exact) mass is 296 g/mol. The number of carbonyl (C=O) groups is 1. The molecule has 1 fully saturated rings. The number of nitrogens with one attached hydrogen (secondary N) is 2. The van der Waals surface area contributed by atoms with Gasteiger partial charge in [-0.25, -0.2) is 0 Å². The summed E-state index contributed by atoms with van der Waals surface area (Å²) < 4.78 is 5.10. The molecular formula is C16H16N4O2. The van der Waals surface area contributed by atoms with Crippen molar-refractivity contribution in [1.82, 2.24) is 20.4 Å². The summed E-state index contributed by atoms with van der Waals surface area (Å²) in [6.07, 6.45) is 6.25. The summed E-state index contributed by atoms with van der Waals surface area (Å²) in [6, 6.07) is 8.07. The average Bonchev–Trinajstić information content (AvgIpc) is 3.27. The molecule has 22 heavy (non-hydrogen) atoms. The molecule has 6 nitrogen and oxygen atoms in total. The fraction of sp³-hybridized carbons (Fsp3) is 0.312. The number of benzene rings is 1. The second kappa shape index (κ2) is 5.29. The van der Waals surface area contributed by atoms with Crippen LogP contribution in [0.3, 0.4) is 0 Å². The molecule has 1 aliphatic rings. The molecule has 0 atom stereocenters. The largest absolute Gasteiger partial charge is 0.361 e. The van der Waals surface area contributed by atoms with Gasteiger partial charge in [-0.2, -0.15) is 4.98 Å². The molecule has 1 aromatic carbocycles. The first-order valence-electron chi connectivity index (χ1n) is 7.52. The number of aromatic nitrogens is 3. The van der Waals surface area contributed by atoms with Crippen LogP contribution in [0, 0.1) is 0 Å². The zero-order valence-electron chi connectivity index (χ0n) is 12.0. The molecule has 4 rings (SSSR count). The number of fused-ring (bicyclic) bond motifs is 1. The van der Waals surface area contributed by atoms with E-state index in [9.17, 15) is 4.79 Å². The highest BCUT2D eigenvalue weighted by molar-refractivity contribution is 5.90. The lowest BCUT2D eigenvalue weighted by atomic mass is 10.1. The zero-order valence-corrected chi connectivity index (χ0v) is 12.0. The molecule has 1 amide bonds. The van der Waals surface area contributed by atoms with Crippen LogP contribution in [-0.2, 0) is 0 Å². The normalized spacial score (nSPS) is 15.5. The molecule has 2 N–H and O–H groups in total. The average molecular weight is 296 g/mol. The van der Waals surface area contributed by atoms with Crippen LogP contribution in [0.15, 0.2) is 35.0 Å². The highest BCUT2D eigenvalue weighted by Crippen LogP contribution is 2.22. The van der Waals surface area contributed by atoms with Crippen LogP contribution in [-0.4, -0.2) is 27.1 Å². The van der Waals surface area contributed by atoms with Crippen LogP contribution in [0.25, 0.3) is 22.3 Å². The fourth-order valence-corrected chi connectivity index (χ4v) is 2.94. The molecule has 0 bridgehead atoms. The zero-order chi connectivity index (χ0) is 14.9. The predicted molar refractivity (Wildman–Crippen MR) is 81.3 cm³/mol. The van der Waals surface area contributed by atoms with Crippen LogP contribution in [0.5, 0.6) is 0 Å². The number of nitrogens with zero attached hydrogens (tertiary/aromatic N) is 2. The first-order valence-corrected chi connectivity index (χ1v) is 7.52. The Morgan fingerprint density at radius 3 is 3.00 bits per heavy atom. The molecule has 0 spiro atoms. The minimum absolute atomic E-state index is 0.0217. The lowest BCUT2D eigenvalue weighted by Gasteiger charge is -2.08. The van der Waals surface area contributed by atoms with Gasteiger partial charge in [0.25, 0.3) is 0 Å². The van der Waals surface area contributed by atoms with Crippen molar-refractivity contribution in [3.05, 3.63) is 36.4 Å². The molecule has 6 heteroatoms. The summed E-state index contributed by atoms with van der Waals surface area (Å²) in [5.41, 5.74) is 1.82. The minimum atomic E-state index is -0.286. The van der Waals surface area contributed by atoms with Gasteiger partial charge in [-0.05, 0) is 30.4 Å². The van der Waals surface area contributed by atoms with Crippen molar-refractivity contribution >= 4 is 16.8 Å². The number of H-pyrrole nitrogens is 1. The van der Waals surface area contributed by atoms with E-state index in [0.717, 1.165) is 42.1 Å². The molecule has 2 aromatic heterocycles. The molecule has 2 heterocycles. The highest BCUT2D eigenvalue weighted by atomic mass is 16.5. The van der Waals surface area contributed by atoms with E-state index < -0.39 is 0 Å². The molecule has 0 aliphatic heterocycles. The Labute approximate surface area is 126 Å². The second-order valence-corrected chi connectivity index (χ2v) is 5.66. The smallest absolute Gasteiger partial charge is 0.316 e. The molecule has 1 aliphatic carbocycles. The summed E-state index contributed by atoms with van der Waals surface area (Å²) in [6.45, 7) is 0. The Hall–Kier alpha value is -2.63. The van der Waals surface area contributed by atoms with Crippen molar-refractivity contribution in [1.29, 1.82) is 0 Å². The van der Waals surface area contributed by atoms with Gasteiger partial charge in [0.05, 0.1) is 0 Å². The summed E-state index contributed by atoms with van der Waals surface area (Å²) in [5.74, 6) is 0.160. The summed E-state index contributed by atoms with van der Waals surface area (Å²) in [4.78, 5) is 19.5. The summed E-state index contributed by atoms with van der Waals surface area (Å²) in [5, 5.41) is 7.97. The van der Waals surface area contributed by atoms with Crippen molar-refractivity contribution in [2.24, 2.45) is 0 Å². The number of hydrogen-bond donors (Lipinski definition) is 2. The van der Waals surface area contributed by atoms with Crippen LogP contribution in [0.2, 0.25) is 0 Å². The number of hydrogen-bond acceptors (Lipinski definition) is 4. The van der Waals surface area contributed by atoms with Gasteiger partial charge >= 0.3 is 11.8 Å². The quantitative estimate of drug-likeness (QED) is 0.778. The number of amides is 1. The third-order valence-corrected chi connectivity index (χ3v) is 4.12. The number of aromatic amines is 1. The predicted octanol–water partition coefficient (Wildman–Crippen LogP) is 2.89. The minimum Gasteiger partial charge on any atom is -0.361 e. The third-order valence-electron chi connectivity index (χ3n) is 4.12. The van der Waals surface area contributed by atoms with Crippen LogP contribution in [0.4, 0.5) is 0 Å². The van der Waals surface area contributed by atoms with Crippen molar-refractivity contribution in [3.63, 3.8) is 0 Å². The van der Waals surface area contributed by atoms with Gasteiger partial charge in [-0.3, -0.25) is 4.79 Å². The Morgan fingerprint density at radius 1 is 1.27 bits per heavy atom. The van der Waals surface area contributed by atoms with Gasteiger partial charge in [-0.15, -0.1) is 0 Å². The second-order valence-electron chi connectivity index (χ2n) is 5.66. The van der Waals surface area contributed by atoms with E-state index in [1.165, 1.54) is 0 Å². The van der Waals surface area contributed by atoms with E-state index in [1.807, 2.05) is 30.5 Å². The Morgan fingerprint density at radius 2 is 2.14 bits per heavy atom. The van der Waals surface area contributed by atoms with Crippen molar-refractivity contribution < 1.29 is 9.32 Å². The molecule has 3 aromatic rings. The molecule has 112 valence electrons. The van der Waals surface area contributed by atoms with E-state index in [4.69, 9.17) is 4.52 Å². The Kier molecular flexibility index (Phi) is 3.14. The van der Waals surface area contributed by atoms with Gasteiger partial charge in [0, 0.05) is 23.3 Å². The lowest BCUT2D eigenvalue weighted by Crippen LogP contribution is -2.32. The van der Waals surface area contributed by atoms with Crippen LogP contribution < -0.4 is 5.32 Å². The first-order chi connectivity index (χ1) is 10.8. The van der Waals surface area contributed by atoms with Gasteiger partial charge < -0.3 is 14.8 Å². The first kappa shape index (κ1) is 13.1. The Balaban J connectivity index is 1.56. The maximum atomic E-state index is 12.1. The van der Waals surface area contributed by atoms with E-state index in [2.05, 4.69) is 20.4 Å². The van der Waals surface area contributed by atoms with Gasteiger partial charge in [-0.1, -0.05) is 30.1 Å². The SMILES string of the molecule is O=C(NC1CCCC1)c1nc(-c2ccc3cc[nH]c3c2)no1. The molecule has 0 radical (unpaired) electrons. The van der Waals surface area contributed by atoms with Crippen molar-refractivity contribution in [2.45, 2.75) is 31.7 Å². The standard InChI is InChI=1S/C16H16N4O2/c21-15(18-12-3-1-2-4-12)16-19-14(20-22-16)11-6-5-10-7-8-17-13(10)9-11/h5-9,12,17H,1-4H2,(H,18,21). The van der Waals surface area contributed by atoms with E-state index >= 15 is 0 Å². The molecule has 0 saturated heterocycles. The van der Waals surface area contributed by atoms with Gasteiger partial charge in [0.1, 0.15) is 0 Å². The van der Waals surface area contributed by atoms with Crippen molar-refractivity contribution in [3.8, 4) is 11.4 Å². The van der Waals surface area contributed by atoms with Gasteiger partial charge in [0.15, 0.2) is 0 Å². The van der Waals surface area contributed by atoms with Gasteiger partial charge in [0.2, 0.25) is 5.82 Å². The molecule has 0 unspecified atom stereocenters.